The predicted molar refractivity (Wildman–Crippen MR) is 189 cm³/mol. The molecule has 0 aromatic heterocycles. The lowest BCUT2D eigenvalue weighted by Gasteiger charge is -2.55. The van der Waals surface area contributed by atoms with Crippen molar-refractivity contribution in [2.45, 2.75) is 31.1 Å². The number of fused-ring (bicyclic) bond motifs is 4. The number of rotatable bonds is 5. The van der Waals surface area contributed by atoms with E-state index in [1.165, 1.54) is 24.0 Å². The predicted octanol–water partition coefficient (Wildman–Crippen LogP) is 7.28. The topological polar surface area (TPSA) is 109 Å². The second-order valence-corrected chi connectivity index (χ2v) is 14.0. The van der Waals surface area contributed by atoms with Gasteiger partial charge in [-0.3, -0.25) is 28.9 Å². The van der Waals surface area contributed by atoms with Crippen LogP contribution in [0.2, 0.25) is 5.02 Å². The third kappa shape index (κ3) is 4.60. The fourth-order valence-electron chi connectivity index (χ4n) is 9.08. The quantitative estimate of drug-likeness (QED) is 0.135. The Balaban J connectivity index is 1.34. The van der Waals surface area contributed by atoms with Crippen LogP contribution in [0.5, 0.6) is 5.75 Å². The standard InChI is InChI=1S/C42H32ClNO6/c1-23(45)24-12-15-28(16-13-24)44-40(49)30-18-17-29-32(37(30)41(44)50)21-34-39(48)31(25-8-4-2-5-9-25)22-36(47)42(34,26-10-6-3-7-11-26)38(29)33-20-27(43)14-19-35(33)46/h2-17,19-20,22,30,32,34,37-38,46H,18,21H2,1H3/t30-,32+,34-,37-,38+,42-/m0/s1. The van der Waals surface area contributed by atoms with Crippen LogP contribution in [0.4, 0.5) is 5.69 Å². The van der Waals surface area contributed by atoms with Crippen LogP contribution in [-0.2, 0) is 24.6 Å². The van der Waals surface area contributed by atoms with Crippen LogP contribution in [0, 0.1) is 23.7 Å². The summed E-state index contributed by atoms with van der Waals surface area (Å²) in [6.45, 7) is 1.45. The first kappa shape index (κ1) is 31.8. The van der Waals surface area contributed by atoms with Crippen molar-refractivity contribution in [3.63, 3.8) is 0 Å². The van der Waals surface area contributed by atoms with Gasteiger partial charge in [0, 0.05) is 33.6 Å². The average Bonchev–Trinajstić information content (AvgIpc) is 3.39. The molecule has 8 heteroatoms. The minimum absolute atomic E-state index is 0.0868. The number of imide groups is 1. The molecule has 8 rings (SSSR count). The maximum absolute atomic E-state index is 15.1. The van der Waals surface area contributed by atoms with E-state index in [0.717, 1.165) is 5.57 Å². The number of hydrogen-bond acceptors (Lipinski definition) is 6. The van der Waals surface area contributed by atoms with Crippen LogP contribution in [0.25, 0.3) is 5.57 Å². The van der Waals surface area contributed by atoms with Crippen molar-refractivity contribution in [1.29, 1.82) is 0 Å². The largest absolute Gasteiger partial charge is 0.508 e. The van der Waals surface area contributed by atoms with E-state index in [4.69, 9.17) is 11.6 Å². The lowest BCUT2D eigenvalue weighted by atomic mass is 9.44. The Morgan fingerprint density at radius 3 is 2.20 bits per heavy atom. The van der Waals surface area contributed by atoms with Crippen molar-refractivity contribution in [2.24, 2.45) is 23.7 Å². The van der Waals surface area contributed by atoms with Crippen molar-refractivity contribution >= 4 is 52.0 Å². The zero-order chi connectivity index (χ0) is 34.9. The summed E-state index contributed by atoms with van der Waals surface area (Å²) < 4.78 is 0. The minimum Gasteiger partial charge on any atom is -0.508 e. The van der Waals surface area contributed by atoms with Crippen molar-refractivity contribution < 1.29 is 29.1 Å². The molecule has 0 bridgehead atoms. The highest BCUT2D eigenvalue weighted by atomic mass is 35.5. The second-order valence-electron chi connectivity index (χ2n) is 13.6. The van der Waals surface area contributed by atoms with E-state index in [1.54, 1.807) is 48.5 Å². The summed E-state index contributed by atoms with van der Waals surface area (Å²) >= 11 is 6.57. The molecule has 0 spiro atoms. The normalized spacial score (nSPS) is 27.2. The first-order valence-corrected chi connectivity index (χ1v) is 17.1. The van der Waals surface area contributed by atoms with E-state index in [0.29, 0.717) is 38.5 Å². The molecular weight excluding hydrogens is 650 g/mol. The first-order chi connectivity index (χ1) is 24.1. The van der Waals surface area contributed by atoms with Crippen LogP contribution >= 0.6 is 11.6 Å². The van der Waals surface area contributed by atoms with Gasteiger partial charge < -0.3 is 5.11 Å². The lowest BCUT2D eigenvalue weighted by molar-refractivity contribution is -0.135. The lowest BCUT2D eigenvalue weighted by Crippen LogP contribution is -2.58. The number of phenols is 1. The molecule has 1 aliphatic heterocycles. The van der Waals surface area contributed by atoms with Crippen molar-refractivity contribution in [2.75, 3.05) is 4.90 Å². The fraction of sp³-hybridized carbons (Fsp3) is 0.214. The molecule has 248 valence electrons. The molecule has 4 aliphatic rings. The van der Waals surface area contributed by atoms with E-state index in [-0.39, 0.29) is 47.8 Å². The number of carbonyl (C=O) groups excluding carboxylic acids is 5. The SMILES string of the molecule is CC(=O)c1ccc(N2C(=O)[C@H]3[C@H](CC=C4[C@H]3C[C@H]3C(=O)C(c5ccccc5)=CC(=O)[C@@]3(c3ccccc3)[C@H]4c3cc(Cl)ccc3O)C2=O)cc1. The van der Waals surface area contributed by atoms with E-state index in [1.807, 2.05) is 54.6 Å². The van der Waals surface area contributed by atoms with Crippen LogP contribution in [0.15, 0.2) is 121 Å². The van der Waals surface area contributed by atoms with Gasteiger partial charge in [0.15, 0.2) is 17.3 Å². The Bertz CT molecular complexity index is 2170. The summed E-state index contributed by atoms with van der Waals surface area (Å²) in [5.74, 6) is -5.35. The summed E-state index contributed by atoms with van der Waals surface area (Å²) in [5.41, 5.74) is 2.01. The van der Waals surface area contributed by atoms with Crippen LogP contribution < -0.4 is 4.90 Å². The molecule has 6 atom stereocenters. The fourth-order valence-corrected chi connectivity index (χ4v) is 9.26. The highest BCUT2D eigenvalue weighted by Gasteiger charge is 2.66. The molecule has 1 heterocycles. The number of ketones is 3. The first-order valence-electron chi connectivity index (χ1n) is 16.7. The van der Waals surface area contributed by atoms with E-state index < -0.39 is 35.0 Å². The van der Waals surface area contributed by atoms with Crippen molar-refractivity contribution in [3.05, 3.63) is 148 Å². The highest BCUT2D eigenvalue weighted by molar-refractivity contribution is 6.32. The van der Waals surface area contributed by atoms with Gasteiger partial charge in [0.05, 0.1) is 22.9 Å². The maximum atomic E-state index is 15.1. The molecule has 50 heavy (non-hydrogen) atoms. The second kappa shape index (κ2) is 11.9. The molecule has 3 aliphatic carbocycles. The molecule has 4 aromatic rings. The van der Waals surface area contributed by atoms with Gasteiger partial charge in [-0.1, -0.05) is 83.9 Å². The highest BCUT2D eigenvalue weighted by Crippen LogP contribution is 2.64. The molecule has 0 radical (unpaired) electrons. The Morgan fingerprint density at radius 2 is 1.52 bits per heavy atom. The van der Waals surface area contributed by atoms with Gasteiger partial charge in [0.25, 0.3) is 0 Å². The maximum Gasteiger partial charge on any atom is 0.238 e. The number of amides is 2. The third-order valence-corrected chi connectivity index (χ3v) is 11.4. The molecule has 2 fully saturated rings. The van der Waals surface area contributed by atoms with Gasteiger partial charge in [-0.05, 0) is 85.4 Å². The molecule has 4 aromatic carbocycles. The summed E-state index contributed by atoms with van der Waals surface area (Å²) in [7, 11) is 0. The van der Waals surface area contributed by atoms with Crippen molar-refractivity contribution in [3.8, 4) is 5.75 Å². The Morgan fingerprint density at radius 1 is 0.840 bits per heavy atom. The minimum atomic E-state index is -1.47. The van der Waals surface area contributed by atoms with Crippen LogP contribution in [-0.4, -0.2) is 34.3 Å². The number of aromatic hydroxyl groups is 1. The van der Waals surface area contributed by atoms with Gasteiger partial charge in [0.1, 0.15) is 5.75 Å². The smallest absolute Gasteiger partial charge is 0.238 e. The molecule has 1 saturated carbocycles. The molecular formula is C42H32ClNO6. The zero-order valence-corrected chi connectivity index (χ0v) is 27.8. The summed E-state index contributed by atoms with van der Waals surface area (Å²) in [5, 5.41) is 11.8. The molecule has 1 N–H and O–H groups in total. The Hall–Kier alpha value is -5.40. The summed E-state index contributed by atoms with van der Waals surface area (Å²) in [6, 6.07) is 29.3. The number of benzene rings is 4. The molecule has 7 nitrogen and oxygen atoms in total. The number of anilines is 1. The van der Waals surface area contributed by atoms with Gasteiger partial charge in [-0.25, -0.2) is 0 Å². The van der Waals surface area contributed by atoms with Gasteiger partial charge in [0.2, 0.25) is 11.8 Å². The number of hydrogen-bond donors (Lipinski definition) is 1. The summed E-state index contributed by atoms with van der Waals surface area (Å²) in [6.07, 6.45) is 3.77. The average molecular weight is 682 g/mol. The van der Waals surface area contributed by atoms with E-state index in [9.17, 15) is 24.3 Å². The monoisotopic (exact) mass is 681 g/mol. The van der Waals surface area contributed by atoms with Crippen molar-refractivity contribution in [1.82, 2.24) is 0 Å². The Kier molecular flexibility index (Phi) is 7.57. The van der Waals surface area contributed by atoms with E-state index in [2.05, 4.69) is 0 Å². The number of phenolic OH excluding ortho intramolecular Hbond substituents is 1. The number of halogens is 1. The van der Waals surface area contributed by atoms with Crippen LogP contribution in [0.3, 0.4) is 0 Å². The molecule has 1 saturated heterocycles. The zero-order valence-electron chi connectivity index (χ0n) is 27.1. The van der Waals surface area contributed by atoms with Crippen LogP contribution in [0.1, 0.15) is 52.7 Å². The number of carbonyl (C=O) groups is 5. The molecule has 2 amide bonds. The third-order valence-electron chi connectivity index (χ3n) is 11.2. The number of Topliss-reactive ketones (excluding diaryl/α,β-unsaturated/α-hetero) is 2. The number of nitrogens with zero attached hydrogens (tertiary/aromatic N) is 1. The summed E-state index contributed by atoms with van der Waals surface area (Å²) in [4.78, 5) is 71.7. The Labute approximate surface area is 293 Å². The van der Waals surface area contributed by atoms with Gasteiger partial charge in [-0.2, -0.15) is 0 Å². The number of allylic oxidation sites excluding steroid dienone is 4. The van der Waals surface area contributed by atoms with Gasteiger partial charge >= 0.3 is 0 Å². The molecule has 0 unspecified atom stereocenters. The van der Waals surface area contributed by atoms with E-state index >= 15 is 4.79 Å². The van der Waals surface area contributed by atoms with Gasteiger partial charge in [-0.15, -0.1) is 0 Å².